The van der Waals surface area contributed by atoms with Gasteiger partial charge in [0.1, 0.15) is 5.75 Å². The van der Waals surface area contributed by atoms with Crippen molar-refractivity contribution < 1.29 is 9.84 Å². The predicted octanol–water partition coefficient (Wildman–Crippen LogP) is 3.07. The maximum Gasteiger partial charge on any atom is 0.119 e. The second-order valence-corrected chi connectivity index (χ2v) is 6.19. The molecule has 0 spiro atoms. The minimum Gasteiger partial charge on any atom is -0.497 e. The largest absolute Gasteiger partial charge is 0.497 e. The van der Waals surface area contributed by atoms with Crippen LogP contribution in [-0.2, 0) is 6.42 Å². The molecule has 0 fully saturated rings. The third kappa shape index (κ3) is 3.74. The van der Waals surface area contributed by atoms with Crippen molar-refractivity contribution in [3.8, 4) is 5.75 Å². The molecule has 2 unspecified atom stereocenters. The number of aliphatic hydroxyl groups excluding tert-OH is 1. The minimum absolute atomic E-state index is 0.178. The predicted molar refractivity (Wildman–Crippen MR) is 82.1 cm³/mol. The van der Waals surface area contributed by atoms with E-state index in [9.17, 15) is 5.11 Å². The summed E-state index contributed by atoms with van der Waals surface area (Å²) in [5.74, 6) is 1.51. The number of methoxy groups -OCH3 is 1. The maximum absolute atomic E-state index is 9.57. The average molecular weight is 277 g/mol. The molecule has 0 heterocycles. The van der Waals surface area contributed by atoms with E-state index in [4.69, 9.17) is 4.74 Å². The first-order chi connectivity index (χ1) is 9.63. The normalized spacial score (nSPS) is 19.8. The Morgan fingerprint density at radius 2 is 2.20 bits per heavy atom. The van der Waals surface area contributed by atoms with Crippen LogP contribution in [0.2, 0.25) is 0 Å². The molecule has 0 bridgehead atoms. The van der Waals surface area contributed by atoms with Crippen molar-refractivity contribution in [2.75, 3.05) is 13.7 Å². The Balaban J connectivity index is 2.14. The van der Waals surface area contributed by atoms with Crippen LogP contribution in [0.15, 0.2) is 18.2 Å². The summed E-state index contributed by atoms with van der Waals surface area (Å²) in [4.78, 5) is 0. The Kier molecular flexibility index (Phi) is 5.44. The van der Waals surface area contributed by atoms with Gasteiger partial charge in [0.2, 0.25) is 0 Å². The van der Waals surface area contributed by atoms with E-state index < -0.39 is 0 Å². The van der Waals surface area contributed by atoms with E-state index in [-0.39, 0.29) is 12.6 Å². The average Bonchev–Trinajstić information content (AvgIpc) is 2.45. The quantitative estimate of drug-likeness (QED) is 0.839. The summed E-state index contributed by atoms with van der Waals surface area (Å²) in [6, 6.07) is 6.88. The third-order valence-electron chi connectivity index (χ3n) is 4.08. The summed E-state index contributed by atoms with van der Waals surface area (Å²) in [7, 11) is 1.71. The molecule has 0 saturated carbocycles. The topological polar surface area (TPSA) is 41.5 Å². The van der Waals surface area contributed by atoms with E-state index in [1.54, 1.807) is 7.11 Å². The van der Waals surface area contributed by atoms with Crippen LogP contribution in [0, 0.1) is 5.92 Å². The van der Waals surface area contributed by atoms with Crippen molar-refractivity contribution >= 4 is 0 Å². The molecular weight excluding hydrogens is 250 g/mol. The van der Waals surface area contributed by atoms with Gasteiger partial charge in [-0.25, -0.2) is 0 Å². The molecule has 1 aromatic rings. The van der Waals surface area contributed by atoms with Gasteiger partial charge >= 0.3 is 0 Å². The van der Waals surface area contributed by atoms with E-state index in [2.05, 4.69) is 31.3 Å². The number of aliphatic hydroxyl groups is 1. The van der Waals surface area contributed by atoms with Crippen molar-refractivity contribution in [1.82, 2.24) is 5.32 Å². The van der Waals surface area contributed by atoms with Crippen molar-refractivity contribution in [2.45, 2.75) is 51.6 Å². The Morgan fingerprint density at radius 3 is 2.85 bits per heavy atom. The lowest BCUT2D eigenvalue weighted by Gasteiger charge is -2.31. The van der Waals surface area contributed by atoms with E-state index in [0.29, 0.717) is 12.0 Å². The molecule has 0 amide bonds. The van der Waals surface area contributed by atoms with Crippen LogP contribution < -0.4 is 10.1 Å². The van der Waals surface area contributed by atoms with Gasteiger partial charge in [-0.15, -0.1) is 0 Å². The first kappa shape index (κ1) is 15.3. The second kappa shape index (κ2) is 7.09. The lowest BCUT2D eigenvalue weighted by molar-refractivity contribution is 0.208. The highest BCUT2D eigenvalue weighted by atomic mass is 16.5. The number of nitrogens with one attached hydrogen (secondary N) is 1. The van der Waals surface area contributed by atoms with Crippen LogP contribution in [0.4, 0.5) is 0 Å². The Hall–Kier alpha value is -1.06. The van der Waals surface area contributed by atoms with Crippen molar-refractivity contribution in [3.63, 3.8) is 0 Å². The molecule has 0 saturated heterocycles. The summed E-state index contributed by atoms with van der Waals surface area (Å²) in [6.07, 6.45) is 4.49. The zero-order valence-electron chi connectivity index (χ0n) is 12.9. The number of hydrogen-bond donors (Lipinski definition) is 2. The fourth-order valence-corrected chi connectivity index (χ4v) is 3.13. The number of rotatable bonds is 6. The Morgan fingerprint density at radius 1 is 1.40 bits per heavy atom. The van der Waals surface area contributed by atoms with Gasteiger partial charge < -0.3 is 15.2 Å². The lowest BCUT2D eigenvalue weighted by Crippen LogP contribution is -2.38. The standard InChI is InChI=1S/C17H27NO2/c1-12(2)9-14(11-19)18-17-6-4-5-13-7-8-15(20-3)10-16(13)17/h7-8,10,12,14,17-19H,4-6,9,11H2,1-3H3. The molecule has 2 N–H and O–H groups in total. The van der Waals surface area contributed by atoms with E-state index >= 15 is 0 Å². The smallest absolute Gasteiger partial charge is 0.119 e. The van der Waals surface area contributed by atoms with Crippen molar-refractivity contribution in [1.29, 1.82) is 0 Å². The first-order valence-corrected chi connectivity index (χ1v) is 7.67. The third-order valence-corrected chi connectivity index (χ3v) is 4.08. The molecule has 112 valence electrons. The molecule has 0 aliphatic heterocycles. The van der Waals surface area contributed by atoms with Crippen molar-refractivity contribution in [2.24, 2.45) is 5.92 Å². The van der Waals surface area contributed by atoms with Crippen molar-refractivity contribution in [3.05, 3.63) is 29.3 Å². The van der Waals surface area contributed by atoms with Crippen LogP contribution in [0.3, 0.4) is 0 Å². The van der Waals surface area contributed by atoms with Crippen LogP contribution in [-0.4, -0.2) is 24.9 Å². The summed E-state index contributed by atoms with van der Waals surface area (Å²) < 4.78 is 5.35. The van der Waals surface area contributed by atoms with E-state index in [1.165, 1.54) is 17.5 Å². The van der Waals surface area contributed by atoms with Crippen LogP contribution >= 0.6 is 0 Å². The zero-order chi connectivity index (χ0) is 14.5. The molecule has 20 heavy (non-hydrogen) atoms. The molecule has 3 heteroatoms. The van der Waals surface area contributed by atoms with E-state index in [0.717, 1.165) is 25.0 Å². The molecule has 1 aliphatic carbocycles. The molecule has 1 aliphatic rings. The van der Waals surface area contributed by atoms with Crippen LogP contribution in [0.1, 0.15) is 50.3 Å². The van der Waals surface area contributed by atoms with Crippen LogP contribution in [0.25, 0.3) is 0 Å². The summed E-state index contributed by atoms with van der Waals surface area (Å²) in [5, 5.41) is 13.2. The van der Waals surface area contributed by atoms with Gasteiger partial charge in [0.15, 0.2) is 0 Å². The Labute approximate surface area is 122 Å². The highest BCUT2D eigenvalue weighted by Crippen LogP contribution is 2.33. The molecule has 3 nitrogen and oxygen atoms in total. The molecule has 2 rings (SSSR count). The number of hydrogen-bond acceptors (Lipinski definition) is 3. The van der Waals surface area contributed by atoms with Gasteiger partial charge in [-0.2, -0.15) is 0 Å². The Bertz CT molecular complexity index is 431. The number of ether oxygens (including phenoxy) is 1. The van der Waals surface area contributed by atoms with Gasteiger partial charge in [0.25, 0.3) is 0 Å². The molecule has 0 radical (unpaired) electrons. The number of aryl methyl sites for hydroxylation is 1. The fourth-order valence-electron chi connectivity index (χ4n) is 3.13. The minimum atomic E-state index is 0.178. The lowest BCUT2D eigenvalue weighted by atomic mass is 9.86. The monoisotopic (exact) mass is 277 g/mol. The molecule has 0 aromatic heterocycles. The highest BCUT2D eigenvalue weighted by Gasteiger charge is 2.23. The molecular formula is C17H27NO2. The van der Waals surface area contributed by atoms with Gasteiger partial charge in [-0.05, 0) is 54.9 Å². The molecule has 2 atom stereocenters. The van der Waals surface area contributed by atoms with Gasteiger partial charge in [0, 0.05) is 12.1 Å². The highest BCUT2D eigenvalue weighted by molar-refractivity contribution is 5.39. The maximum atomic E-state index is 9.57. The van der Waals surface area contributed by atoms with Gasteiger partial charge in [-0.1, -0.05) is 19.9 Å². The summed E-state index contributed by atoms with van der Waals surface area (Å²) >= 11 is 0. The summed E-state index contributed by atoms with van der Waals surface area (Å²) in [5.41, 5.74) is 2.76. The first-order valence-electron chi connectivity index (χ1n) is 7.67. The number of benzene rings is 1. The second-order valence-electron chi connectivity index (χ2n) is 6.19. The van der Waals surface area contributed by atoms with E-state index in [1.807, 2.05) is 6.07 Å². The van der Waals surface area contributed by atoms with Gasteiger partial charge in [0.05, 0.1) is 13.7 Å². The number of fused-ring (bicyclic) bond motifs is 1. The molecule has 1 aromatic carbocycles. The fraction of sp³-hybridized carbons (Fsp3) is 0.647. The SMILES string of the molecule is COc1ccc2c(c1)C(NC(CO)CC(C)C)CCC2. The van der Waals surface area contributed by atoms with Crippen LogP contribution in [0.5, 0.6) is 5.75 Å². The summed E-state index contributed by atoms with van der Waals surface area (Å²) in [6.45, 7) is 4.60. The van der Waals surface area contributed by atoms with Gasteiger partial charge in [-0.3, -0.25) is 0 Å². The zero-order valence-corrected chi connectivity index (χ0v) is 12.9.